The largest absolute Gasteiger partial charge is 0.394 e. The number of amidine groups is 1. The van der Waals surface area contributed by atoms with Gasteiger partial charge in [-0.15, -0.1) is 0 Å². The van der Waals surface area contributed by atoms with Crippen LogP contribution in [-0.2, 0) is 4.74 Å². The molecular weight excluding hydrogens is 192 g/mol. The van der Waals surface area contributed by atoms with Gasteiger partial charge in [-0.05, 0) is 13.8 Å². The van der Waals surface area contributed by atoms with E-state index in [0.717, 1.165) is 6.54 Å². The molecule has 0 aromatic rings. The van der Waals surface area contributed by atoms with Crippen molar-refractivity contribution in [2.75, 3.05) is 19.7 Å². The Kier molecular flexibility index (Phi) is 3.73. The van der Waals surface area contributed by atoms with Crippen molar-refractivity contribution >= 4 is 5.84 Å². The molecule has 1 fully saturated rings. The number of hydrogen-bond acceptors (Lipinski definition) is 3. The first kappa shape index (κ1) is 12.5. The molecule has 1 unspecified atom stereocenters. The first-order chi connectivity index (χ1) is 6.85. The van der Waals surface area contributed by atoms with E-state index in [1.807, 2.05) is 32.6 Å². The number of morpholine rings is 1. The second-order valence-electron chi connectivity index (χ2n) is 5.10. The second-order valence-corrected chi connectivity index (χ2v) is 5.10. The van der Waals surface area contributed by atoms with Crippen molar-refractivity contribution in [3.05, 3.63) is 0 Å². The molecule has 0 bridgehead atoms. The van der Waals surface area contributed by atoms with Crippen LogP contribution in [0.1, 0.15) is 27.7 Å². The lowest BCUT2D eigenvalue weighted by atomic mass is 10.0. The van der Waals surface area contributed by atoms with Crippen LogP contribution in [-0.4, -0.2) is 47.2 Å². The van der Waals surface area contributed by atoms with Gasteiger partial charge in [0.15, 0.2) is 0 Å². The van der Waals surface area contributed by atoms with Gasteiger partial charge in [-0.1, -0.05) is 13.8 Å². The Bertz CT molecular complexity index is 239. The van der Waals surface area contributed by atoms with Gasteiger partial charge in [-0.25, -0.2) is 0 Å². The zero-order valence-corrected chi connectivity index (χ0v) is 10.1. The number of hydrogen-bond donors (Lipinski definition) is 2. The number of nitrogens with one attached hydrogen (secondary N) is 1. The molecule has 1 rings (SSSR count). The Morgan fingerprint density at radius 1 is 1.60 bits per heavy atom. The summed E-state index contributed by atoms with van der Waals surface area (Å²) < 4.78 is 5.69. The smallest absolute Gasteiger partial charge is 0.0988 e. The van der Waals surface area contributed by atoms with E-state index in [-0.39, 0.29) is 24.2 Å². The summed E-state index contributed by atoms with van der Waals surface area (Å²) in [6.45, 7) is 9.38. The molecule has 0 amide bonds. The average molecular weight is 214 g/mol. The second kappa shape index (κ2) is 4.49. The molecular formula is C11H22N2O2. The zero-order chi connectivity index (χ0) is 11.6. The highest BCUT2D eigenvalue weighted by Crippen LogP contribution is 2.22. The van der Waals surface area contributed by atoms with Gasteiger partial charge < -0.3 is 14.7 Å². The summed E-state index contributed by atoms with van der Waals surface area (Å²) in [5.74, 6) is 0.850. The van der Waals surface area contributed by atoms with Crippen LogP contribution in [0.3, 0.4) is 0 Å². The Morgan fingerprint density at radius 3 is 2.67 bits per heavy atom. The molecule has 1 heterocycles. The van der Waals surface area contributed by atoms with Gasteiger partial charge in [0, 0.05) is 19.0 Å². The zero-order valence-electron chi connectivity index (χ0n) is 10.1. The molecule has 0 aromatic heterocycles. The van der Waals surface area contributed by atoms with E-state index >= 15 is 0 Å². The van der Waals surface area contributed by atoms with Crippen LogP contribution in [0.2, 0.25) is 0 Å². The van der Waals surface area contributed by atoms with Gasteiger partial charge >= 0.3 is 0 Å². The molecule has 1 atom stereocenters. The molecule has 88 valence electrons. The maximum atomic E-state index is 9.14. The third-order valence-corrected chi connectivity index (χ3v) is 2.57. The van der Waals surface area contributed by atoms with E-state index in [1.165, 1.54) is 0 Å². The normalized spacial score (nSPS) is 25.7. The topological polar surface area (TPSA) is 56.6 Å². The fraction of sp³-hybridized carbons (Fsp3) is 0.909. The molecule has 1 aliphatic rings. The minimum Gasteiger partial charge on any atom is -0.394 e. The van der Waals surface area contributed by atoms with E-state index in [1.54, 1.807) is 0 Å². The first-order valence-electron chi connectivity index (χ1n) is 5.48. The third kappa shape index (κ3) is 3.18. The summed E-state index contributed by atoms with van der Waals surface area (Å²) in [4.78, 5) is 2.01. The molecule has 1 aliphatic heterocycles. The maximum Gasteiger partial charge on any atom is 0.0988 e. The van der Waals surface area contributed by atoms with Crippen LogP contribution >= 0.6 is 0 Å². The molecule has 4 heteroatoms. The molecule has 0 saturated carbocycles. The van der Waals surface area contributed by atoms with Crippen molar-refractivity contribution in [3.63, 3.8) is 0 Å². The standard InChI is InChI=1S/C11H22N2O2/c1-8(2)10(12)13-5-9(6-14)15-11(3,4)7-13/h8-9,12,14H,5-7H2,1-4H3. The highest BCUT2D eigenvalue weighted by molar-refractivity contribution is 5.81. The van der Waals surface area contributed by atoms with E-state index in [9.17, 15) is 0 Å². The molecule has 15 heavy (non-hydrogen) atoms. The van der Waals surface area contributed by atoms with Crippen molar-refractivity contribution < 1.29 is 9.84 Å². The summed E-state index contributed by atoms with van der Waals surface area (Å²) in [6.07, 6.45) is -0.173. The van der Waals surface area contributed by atoms with Crippen molar-refractivity contribution in [3.8, 4) is 0 Å². The number of nitrogens with zero attached hydrogens (tertiary/aromatic N) is 1. The van der Waals surface area contributed by atoms with Gasteiger partial charge in [0.25, 0.3) is 0 Å². The molecule has 0 aliphatic carbocycles. The highest BCUT2D eigenvalue weighted by Gasteiger charge is 2.34. The van der Waals surface area contributed by atoms with Crippen LogP contribution in [0.5, 0.6) is 0 Å². The van der Waals surface area contributed by atoms with Crippen LogP contribution in [0.15, 0.2) is 0 Å². The quantitative estimate of drug-likeness (QED) is 0.534. The Morgan fingerprint density at radius 2 is 2.20 bits per heavy atom. The van der Waals surface area contributed by atoms with Crippen LogP contribution in [0.4, 0.5) is 0 Å². The van der Waals surface area contributed by atoms with Crippen LogP contribution < -0.4 is 0 Å². The summed E-state index contributed by atoms with van der Waals surface area (Å²) >= 11 is 0. The first-order valence-corrected chi connectivity index (χ1v) is 5.48. The lowest BCUT2D eigenvalue weighted by molar-refractivity contribution is -0.135. The van der Waals surface area contributed by atoms with Gasteiger partial charge in [0.2, 0.25) is 0 Å². The fourth-order valence-corrected chi connectivity index (χ4v) is 1.94. The van der Waals surface area contributed by atoms with Gasteiger partial charge in [-0.2, -0.15) is 0 Å². The van der Waals surface area contributed by atoms with Crippen LogP contribution in [0.25, 0.3) is 0 Å². The predicted molar refractivity (Wildman–Crippen MR) is 60.2 cm³/mol. The summed E-state index contributed by atoms with van der Waals surface area (Å²) in [6, 6.07) is 0. The van der Waals surface area contributed by atoms with Crippen molar-refractivity contribution in [1.82, 2.24) is 4.90 Å². The van der Waals surface area contributed by atoms with E-state index in [0.29, 0.717) is 12.4 Å². The van der Waals surface area contributed by atoms with E-state index in [2.05, 4.69) is 0 Å². The predicted octanol–water partition coefficient (Wildman–Crippen LogP) is 1.09. The SMILES string of the molecule is CC(C)C(=N)N1CC(CO)OC(C)(C)C1. The third-order valence-electron chi connectivity index (χ3n) is 2.57. The average Bonchev–Trinajstić information content (AvgIpc) is 2.13. The Balaban J connectivity index is 2.70. The highest BCUT2D eigenvalue weighted by atomic mass is 16.5. The maximum absolute atomic E-state index is 9.14. The molecule has 0 radical (unpaired) electrons. The fourth-order valence-electron chi connectivity index (χ4n) is 1.94. The van der Waals surface area contributed by atoms with Crippen molar-refractivity contribution in [1.29, 1.82) is 5.41 Å². The molecule has 1 saturated heterocycles. The number of rotatable bonds is 2. The molecule has 0 aromatic carbocycles. The van der Waals surface area contributed by atoms with Gasteiger partial charge in [0.1, 0.15) is 0 Å². The lowest BCUT2D eigenvalue weighted by Crippen LogP contribution is -2.56. The Hall–Kier alpha value is -0.610. The number of aliphatic hydroxyl groups is 1. The van der Waals surface area contributed by atoms with Crippen molar-refractivity contribution in [2.45, 2.75) is 39.4 Å². The van der Waals surface area contributed by atoms with E-state index < -0.39 is 0 Å². The molecule has 0 spiro atoms. The van der Waals surface area contributed by atoms with E-state index in [4.69, 9.17) is 15.3 Å². The summed E-state index contributed by atoms with van der Waals surface area (Å²) in [5.41, 5.74) is -0.285. The molecule has 2 N–H and O–H groups in total. The lowest BCUT2D eigenvalue weighted by Gasteiger charge is -2.44. The van der Waals surface area contributed by atoms with Crippen LogP contribution in [0, 0.1) is 11.3 Å². The van der Waals surface area contributed by atoms with Crippen molar-refractivity contribution in [2.24, 2.45) is 5.92 Å². The monoisotopic (exact) mass is 214 g/mol. The number of aliphatic hydroxyl groups excluding tert-OH is 1. The van der Waals surface area contributed by atoms with Gasteiger partial charge in [0.05, 0.1) is 24.1 Å². The Labute approximate surface area is 91.7 Å². The number of ether oxygens (including phenoxy) is 1. The molecule has 4 nitrogen and oxygen atoms in total. The summed E-state index contributed by atoms with van der Waals surface area (Å²) in [5, 5.41) is 17.1. The minimum atomic E-state index is -0.285. The minimum absolute atomic E-state index is 0.0192. The summed E-state index contributed by atoms with van der Waals surface area (Å²) in [7, 11) is 0. The van der Waals surface area contributed by atoms with Gasteiger partial charge in [-0.3, -0.25) is 5.41 Å².